The average Bonchev–Trinajstić information content (AvgIpc) is 2.65. The van der Waals surface area contributed by atoms with E-state index in [1.54, 1.807) is 0 Å². The first kappa shape index (κ1) is 11.9. The van der Waals surface area contributed by atoms with Crippen molar-refractivity contribution >= 4 is 5.88 Å². The van der Waals surface area contributed by atoms with E-state index in [9.17, 15) is 15.2 Å². The Kier molecular flexibility index (Phi) is 3.58. The first-order valence-electron chi connectivity index (χ1n) is 5.79. The Bertz CT molecular complexity index is 435. The average molecular weight is 237 g/mol. The fourth-order valence-electron chi connectivity index (χ4n) is 2.06. The van der Waals surface area contributed by atoms with Gasteiger partial charge in [-0.25, -0.2) is 0 Å². The molecule has 0 saturated heterocycles. The van der Waals surface area contributed by atoms with E-state index in [1.807, 2.05) is 6.08 Å². The lowest BCUT2D eigenvalue weighted by molar-refractivity contribution is -0.402. The van der Waals surface area contributed by atoms with E-state index in [0.29, 0.717) is 0 Å². The molecule has 1 aliphatic rings. The molecule has 17 heavy (non-hydrogen) atoms. The van der Waals surface area contributed by atoms with Crippen LogP contribution in [0.2, 0.25) is 0 Å². The highest BCUT2D eigenvalue weighted by atomic mass is 16.6. The summed E-state index contributed by atoms with van der Waals surface area (Å²) >= 11 is 0. The van der Waals surface area contributed by atoms with Gasteiger partial charge in [0.05, 0.1) is 6.07 Å². The summed E-state index contributed by atoms with van der Waals surface area (Å²) in [5, 5.41) is 20.6. The largest absolute Gasteiger partial charge is 0.433 e. The quantitative estimate of drug-likeness (QED) is 0.497. The summed E-state index contributed by atoms with van der Waals surface area (Å²) < 4.78 is 5.01. The molecule has 5 heteroatoms. The molecule has 0 aliphatic heterocycles. The molecule has 1 unspecified atom stereocenters. The summed E-state index contributed by atoms with van der Waals surface area (Å²) in [6.45, 7) is 0. The van der Waals surface area contributed by atoms with Crippen LogP contribution >= 0.6 is 0 Å². The minimum Gasteiger partial charge on any atom is -0.403 e. The van der Waals surface area contributed by atoms with Gasteiger partial charge in [0.15, 0.2) is 0 Å². The zero-order chi connectivity index (χ0) is 12.3. The van der Waals surface area contributed by atoms with Crippen LogP contribution in [0.4, 0.5) is 5.88 Å². The number of nitrogens with zero attached hydrogens (tertiary/aromatic N) is 1. The predicted octanol–water partition coefficient (Wildman–Crippen LogP) is 3.11. The highest BCUT2D eigenvalue weighted by Crippen LogP contribution is 2.31. The van der Waals surface area contributed by atoms with Crippen molar-refractivity contribution in [3.63, 3.8) is 0 Å². The maximum Gasteiger partial charge on any atom is 0.433 e. The molecule has 2 rings (SSSR count). The molecule has 1 atom stereocenters. The van der Waals surface area contributed by atoms with Crippen LogP contribution in [0.1, 0.15) is 44.0 Å². The van der Waals surface area contributed by atoms with Gasteiger partial charge < -0.3 is 9.52 Å². The second kappa shape index (κ2) is 5.14. The zero-order valence-corrected chi connectivity index (χ0v) is 9.46. The summed E-state index contributed by atoms with van der Waals surface area (Å²) in [5.41, 5.74) is 0.909. The molecule has 92 valence electrons. The van der Waals surface area contributed by atoms with Crippen LogP contribution in [0.3, 0.4) is 0 Å². The van der Waals surface area contributed by atoms with Gasteiger partial charge in [-0.05, 0) is 37.3 Å². The normalized spacial score (nSPS) is 18.3. The molecule has 0 aromatic carbocycles. The number of rotatable bonds is 3. The van der Waals surface area contributed by atoms with Crippen molar-refractivity contribution < 1.29 is 14.4 Å². The number of aliphatic hydroxyl groups excluding tert-OH is 1. The first-order valence-corrected chi connectivity index (χ1v) is 5.79. The fourth-order valence-corrected chi connectivity index (χ4v) is 2.06. The molecule has 1 aromatic heterocycles. The van der Waals surface area contributed by atoms with Crippen molar-refractivity contribution in [3.8, 4) is 0 Å². The van der Waals surface area contributed by atoms with Gasteiger partial charge in [-0.2, -0.15) is 0 Å². The van der Waals surface area contributed by atoms with Crippen LogP contribution in [0.5, 0.6) is 0 Å². The molecule has 1 N–H and O–H groups in total. The SMILES string of the molecule is O=[N+]([O-])c1ccc(C(O)C2=CCCCCC2)o1. The molecular weight excluding hydrogens is 222 g/mol. The van der Waals surface area contributed by atoms with Gasteiger partial charge >= 0.3 is 5.88 Å². The van der Waals surface area contributed by atoms with Gasteiger partial charge in [0.1, 0.15) is 16.8 Å². The van der Waals surface area contributed by atoms with Crippen LogP contribution < -0.4 is 0 Å². The number of furan rings is 1. The molecule has 0 radical (unpaired) electrons. The minimum atomic E-state index is -0.846. The third-order valence-electron chi connectivity index (χ3n) is 2.99. The van der Waals surface area contributed by atoms with Crippen molar-refractivity contribution in [1.82, 2.24) is 0 Å². The number of nitro groups is 1. The summed E-state index contributed by atoms with van der Waals surface area (Å²) in [4.78, 5) is 9.88. The summed E-state index contributed by atoms with van der Waals surface area (Å²) in [7, 11) is 0. The molecular formula is C12H15NO4. The van der Waals surface area contributed by atoms with Crippen molar-refractivity contribution in [1.29, 1.82) is 0 Å². The zero-order valence-electron chi connectivity index (χ0n) is 9.46. The third-order valence-corrected chi connectivity index (χ3v) is 2.99. The Morgan fingerprint density at radius 1 is 1.35 bits per heavy atom. The number of hydrogen-bond donors (Lipinski definition) is 1. The number of aliphatic hydroxyl groups is 1. The number of allylic oxidation sites excluding steroid dienone is 1. The summed E-state index contributed by atoms with van der Waals surface area (Å²) in [6, 6.07) is 2.74. The Hall–Kier alpha value is -1.62. The van der Waals surface area contributed by atoms with Crippen LogP contribution in [-0.4, -0.2) is 10.0 Å². The third kappa shape index (κ3) is 2.74. The van der Waals surface area contributed by atoms with E-state index in [4.69, 9.17) is 4.42 Å². The number of hydrogen-bond acceptors (Lipinski definition) is 4. The monoisotopic (exact) mass is 237 g/mol. The summed E-state index contributed by atoms with van der Waals surface area (Å²) in [5.74, 6) is -0.0712. The Labute approximate surface area is 98.9 Å². The van der Waals surface area contributed by atoms with Crippen LogP contribution in [0.25, 0.3) is 0 Å². The molecule has 1 heterocycles. The van der Waals surface area contributed by atoms with Gasteiger partial charge in [-0.3, -0.25) is 10.1 Å². The second-order valence-corrected chi connectivity index (χ2v) is 4.21. The van der Waals surface area contributed by atoms with E-state index < -0.39 is 11.0 Å². The fraction of sp³-hybridized carbons (Fsp3) is 0.500. The lowest BCUT2D eigenvalue weighted by atomic mass is 10.0. The van der Waals surface area contributed by atoms with Crippen LogP contribution in [0, 0.1) is 10.1 Å². The van der Waals surface area contributed by atoms with Gasteiger partial charge in [0, 0.05) is 0 Å². The van der Waals surface area contributed by atoms with Crippen LogP contribution in [-0.2, 0) is 0 Å². The topological polar surface area (TPSA) is 76.5 Å². The molecule has 0 spiro atoms. The lowest BCUT2D eigenvalue weighted by Crippen LogP contribution is -2.00. The molecule has 0 fully saturated rings. The second-order valence-electron chi connectivity index (χ2n) is 4.21. The smallest absolute Gasteiger partial charge is 0.403 e. The molecule has 5 nitrogen and oxygen atoms in total. The Morgan fingerprint density at radius 3 is 2.88 bits per heavy atom. The summed E-state index contributed by atoms with van der Waals surface area (Å²) in [6.07, 6.45) is 6.30. The maximum atomic E-state index is 10.5. The Morgan fingerprint density at radius 2 is 2.18 bits per heavy atom. The van der Waals surface area contributed by atoms with E-state index >= 15 is 0 Å². The molecule has 1 aliphatic carbocycles. The van der Waals surface area contributed by atoms with Crippen molar-refractivity contribution in [2.45, 2.75) is 38.2 Å². The molecule has 1 aromatic rings. The maximum absolute atomic E-state index is 10.5. The van der Waals surface area contributed by atoms with Gasteiger partial charge in [-0.15, -0.1) is 0 Å². The standard InChI is InChI=1S/C12H15NO4/c14-12(9-5-3-1-2-4-6-9)10-7-8-11(17-10)13(15)16/h5,7-8,12,14H,1-4,6H2. The van der Waals surface area contributed by atoms with Gasteiger partial charge in [-0.1, -0.05) is 12.5 Å². The molecule has 0 bridgehead atoms. The highest BCUT2D eigenvalue weighted by Gasteiger charge is 2.21. The van der Waals surface area contributed by atoms with Crippen molar-refractivity contribution in [2.24, 2.45) is 0 Å². The lowest BCUT2D eigenvalue weighted by Gasteiger charge is -2.10. The van der Waals surface area contributed by atoms with Crippen molar-refractivity contribution in [3.05, 3.63) is 39.7 Å². The van der Waals surface area contributed by atoms with E-state index in [0.717, 1.165) is 37.7 Å². The Balaban J connectivity index is 2.14. The molecule has 0 amide bonds. The minimum absolute atomic E-state index is 0.254. The van der Waals surface area contributed by atoms with Gasteiger partial charge in [0.25, 0.3) is 0 Å². The predicted molar refractivity (Wildman–Crippen MR) is 61.5 cm³/mol. The van der Waals surface area contributed by atoms with E-state index in [1.165, 1.54) is 12.1 Å². The van der Waals surface area contributed by atoms with Crippen LogP contribution in [0.15, 0.2) is 28.2 Å². The van der Waals surface area contributed by atoms with E-state index in [-0.39, 0.29) is 11.6 Å². The first-order chi connectivity index (χ1) is 8.18. The van der Waals surface area contributed by atoms with E-state index in [2.05, 4.69) is 0 Å². The molecule has 0 saturated carbocycles. The van der Waals surface area contributed by atoms with Gasteiger partial charge in [0.2, 0.25) is 0 Å². The highest BCUT2D eigenvalue weighted by molar-refractivity contribution is 5.24. The van der Waals surface area contributed by atoms with Crippen molar-refractivity contribution in [2.75, 3.05) is 0 Å².